The third-order valence-corrected chi connectivity index (χ3v) is 3.72. The number of carbonyl (C=O) groups excluding carboxylic acids is 2. The average Bonchev–Trinajstić information content (AvgIpc) is 2.61. The number of hydrogen-bond donors (Lipinski definition) is 1. The molecule has 1 N–H and O–H groups in total. The molecule has 0 atom stereocenters. The maximum atomic E-state index is 12.6. The second kappa shape index (κ2) is 9.15. The highest BCUT2D eigenvalue weighted by molar-refractivity contribution is 6.05. The van der Waals surface area contributed by atoms with Gasteiger partial charge in [0, 0.05) is 22.4 Å². The van der Waals surface area contributed by atoms with Crippen LogP contribution in [0.5, 0.6) is 5.75 Å². The Morgan fingerprint density at radius 1 is 1.08 bits per heavy atom. The lowest BCUT2D eigenvalue weighted by molar-refractivity contribution is 0.0641. The van der Waals surface area contributed by atoms with Crippen LogP contribution in [-0.4, -0.2) is 24.4 Å². The van der Waals surface area contributed by atoms with E-state index in [0.717, 1.165) is 5.56 Å². The van der Waals surface area contributed by atoms with Crippen LogP contribution in [0, 0.1) is 0 Å². The number of ether oxygens (including phenoxy) is 2. The molecular formula is C21H25NO4. The molecule has 0 radical (unpaired) electrons. The molecule has 1 amide bonds. The van der Waals surface area contributed by atoms with Crippen molar-refractivity contribution in [3.05, 3.63) is 59.2 Å². The van der Waals surface area contributed by atoms with Crippen LogP contribution >= 0.6 is 0 Å². The third-order valence-electron chi connectivity index (χ3n) is 3.72. The molecule has 0 aliphatic carbocycles. The van der Waals surface area contributed by atoms with Crippen molar-refractivity contribution in [2.45, 2.75) is 40.4 Å². The molecule has 2 rings (SSSR count). The highest BCUT2D eigenvalue weighted by atomic mass is 16.5. The van der Waals surface area contributed by atoms with Crippen LogP contribution in [0.1, 0.15) is 54.0 Å². The van der Waals surface area contributed by atoms with Crippen molar-refractivity contribution in [1.82, 2.24) is 0 Å². The first-order chi connectivity index (χ1) is 12.4. The summed E-state index contributed by atoms with van der Waals surface area (Å²) in [5.74, 6) is 0.415. The van der Waals surface area contributed by atoms with E-state index in [9.17, 15) is 9.59 Å². The SMILES string of the molecule is CCOc1ccc(C(=O)Nc2cccc(C(C)=O)c2)cc1COC(C)C. The van der Waals surface area contributed by atoms with Crippen molar-refractivity contribution in [1.29, 1.82) is 0 Å². The van der Waals surface area contributed by atoms with Gasteiger partial charge in [0.15, 0.2) is 5.78 Å². The lowest BCUT2D eigenvalue weighted by Crippen LogP contribution is -2.13. The van der Waals surface area contributed by atoms with Crippen LogP contribution in [0.25, 0.3) is 0 Å². The summed E-state index contributed by atoms with van der Waals surface area (Å²) in [6.07, 6.45) is 0.0799. The lowest BCUT2D eigenvalue weighted by Gasteiger charge is -2.14. The average molecular weight is 355 g/mol. The van der Waals surface area contributed by atoms with E-state index in [0.29, 0.717) is 35.8 Å². The second-order valence-electron chi connectivity index (χ2n) is 6.21. The first-order valence-corrected chi connectivity index (χ1v) is 8.70. The molecule has 0 heterocycles. The summed E-state index contributed by atoms with van der Waals surface area (Å²) < 4.78 is 11.3. The summed E-state index contributed by atoms with van der Waals surface area (Å²) in [7, 11) is 0. The lowest BCUT2D eigenvalue weighted by atomic mass is 10.1. The summed E-state index contributed by atoms with van der Waals surface area (Å²) >= 11 is 0. The molecule has 0 spiro atoms. The first-order valence-electron chi connectivity index (χ1n) is 8.70. The van der Waals surface area contributed by atoms with Gasteiger partial charge >= 0.3 is 0 Å². The predicted molar refractivity (Wildman–Crippen MR) is 102 cm³/mol. The number of ketones is 1. The molecule has 0 aromatic heterocycles. The van der Waals surface area contributed by atoms with Gasteiger partial charge < -0.3 is 14.8 Å². The van der Waals surface area contributed by atoms with E-state index in [4.69, 9.17) is 9.47 Å². The topological polar surface area (TPSA) is 64.6 Å². The van der Waals surface area contributed by atoms with E-state index in [1.165, 1.54) is 6.92 Å². The van der Waals surface area contributed by atoms with Gasteiger partial charge in [-0.15, -0.1) is 0 Å². The Labute approximate surface area is 154 Å². The number of nitrogens with one attached hydrogen (secondary N) is 1. The van der Waals surface area contributed by atoms with Crippen molar-refractivity contribution in [2.24, 2.45) is 0 Å². The van der Waals surface area contributed by atoms with E-state index >= 15 is 0 Å². The predicted octanol–water partition coefficient (Wildman–Crippen LogP) is 4.47. The molecule has 5 heteroatoms. The standard InChI is InChI=1S/C21H25NO4/c1-5-25-20-10-9-17(11-18(20)13-26-14(2)3)21(24)22-19-8-6-7-16(12-19)15(4)23/h6-12,14H,5,13H2,1-4H3,(H,22,24). The monoisotopic (exact) mass is 355 g/mol. The molecule has 0 saturated carbocycles. The zero-order chi connectivity index (χ0) is 19.1. The fourth-order valence-corrected chi connectivity index (χ4v) is 2.41. The summed E-state index contributed by atoms with van der Waals surface area (Å²) in [5.41, 5.74) is 2.46. The van der Waals surface area contributed by atoms with Gasteiger partial charge in [-0.2, -0.15) is 0 Å². The van der Waals surface area contributed by atoms with E-state index < -0.39 is 0 Å². The highest BCUT2D eigenvalue weighted by Crippen LogP contribution is 2.23. The normalized spacial score (nSPS) is 10.7. The van der Waals surface area contributed by atoms with Crippen molar-refractivity contribution in [3.63, 3.8) is 0 Å². The van der Waals surface area contributed by atoms with Gasteiger partial charge in [-0.1, -0.05) is 12.1 Å². The number of hydrogen-bond acceptors (Lipinski definition) is 4. The molecule has 2 aromatic rings. The fraction of sp³-hybridized carbons (Fsp3) is 0.333. The van der Waals surface area contributed by atoms with Gasteiger partial charge in [0.25, 0.3) is 5.91 Å². The van der Waals surface area contributed by atoms with Crippen LogP contribution in [0.2, 0.25) is 0 Å². The molecule has 2 aromatic carbocycles. The fourth-order valence-electron chi connectivity index (χ4n) is 2.41. The van der Waals surface area contributed by atoms with Gasteiger partial charge in [-0.05, 0) is 58.0 Å². The maximum Gasteiger partial charge on any atom is 0.255 e. The molecule has 0 fully saturated rings. The van der Waals surface area contributed by atoms with E-state index in [2.05, 4.69) is 5.32 Å². The van der Waals surface area contributed by atoms with Gasteiger partial charge in [0.2, 0.25) is 0 Å². The number of rotatable bonds is 8. The Hall–Kier alpha value is -2.66. The Morgan fingerprint density at radius 3 is 2.50 bits per heavy atom. The minimum absolute atomic E-state index is 0.0460. The summed E-state index contributed by atoms with van der Waals surface area (Å²) in [5, 5.41) is 2.82. The van der Waals surface area contributed by atoms with Crippen molar-refractivity contribution >= 4 is 17.4 Å². The Balaban J connectivity index is 2.21. The Kier molecular flexibility index (Phi) is 6.92. The van der Waals surface area contributed by atoms with E-state index in [-0.39, 0.29) is 17.8 Å². The smallest absolute Gasteiger partial charge is 0.255 e. The summed E-state index contributed by atoms with van der Waals surface area (Å²) in [6.45, 7) is 8.23. The molecule has 5 nitrogen and oxygen atoms in total. The van der Waals surface area contributed by atoms with Crippen LogP contribution in [0.4, 0.5) is 5.69 Å². The van der Waals surface area contributed by atoms with Crippen molar-refractivity contribution < 1.29 is 19.1 Å². The number of benzene rings is 2. The quantitative estimate of drug-likeness (QED) is 0.710. The molecule has 0 aliphatic rings. The van der Waals surface area contributed by atoms with Crippen LogP contribution in [0.15, 0.2) is 42.5 Å². The van der Waals surface area contributed by atoms with E-state index in [1.54, 1.807) is 42.5 Å². The van der Waals surface area contributed by atoms with Crippen molar-refractivity contribution in [3.8, 4) is 5.75 Å². The Morgan fingerprint density at radius 2 is 1.85 bits per heavy atom. The Bertz CT molecular complexity index is 783. The number of amides is 1. The summed E-state index contributed by atoms with van der Waals surface area (Å²) in [4.78, 5) is 24.1. The van der Waals surface area contributed by atoms with Crippen LogP contribution in [0.3, 0.4) is 0 Å². The minimum atomic E-state index is -0.250. The maximum absolute atomic E-state index is 12.6. The number of Topliss-reactive ketones (excluding diaryl/α,β-unsaturated/α-hetero) is 1. The molecular weight excluding hydrogens is 330 g/mol. The zero-order valence-corrected chi connectivity index (χ0v) is 15.7. The van der Waals surface area contributed by atoms with Crippen molar-refractivity contribution in [2.75, 3.05) is 11.9 Å². The molecule has 0 saturated heterocycles. The molecule has 26 heavy (non-hydrogen) atoms. The zero-order valence-electron chi connectivity index (χ0n) is 15.7. The van der Waals surface area contributed by atoms with E-state index in [1.807, 2.05) is 20.8 Å². The minimum Gasteiger partial charge on any atom is -0.494 e. The number of carbonyl (C=O) groups is 2. The molecule has 0 unspecified atom stereocenters. The van der Waals surface area contributed by atoms with Gasteiger partial charge in [0.05, 0.1) is 19.3 Å². The molecule has 0 aliphatic heterocycles. The summed E-state index contributed by atoms with van der Waals surface area (Å²) in [6, 6.07) is 12.1. The third kappa shape index (κ3) is 5.43. The highest BCUT2D eigenvalue weighted by Gasteiger charge is 2.12. The molecule has 0 bridgehead atoms. The van der Waals surface area contributed by atoms with Crippen LogP contribution < -0.4 is 10.1 Å². The second-order valence-corrected chi connectivity index (χ2v) is 6.21. The van der Waals surface area contributed by atoms with Gasteiger partial charge in [-0.3, -0.25) is 9.59 Å². The van der Waals surface area contributed by atoms with Gasteiger partial charge in [-0.25, -0.2) is 0 Å². The first kappa shape index (κ1) is 19.7. The molecule has 138 valence electrons. The van der Waals surface area contributed by atoms with Crippen LogP contribution in [-0.2, 0) is 11.3 Å². The largest absolute Gasteiger partial charge is 0.494 e. The number of anilines is 1. The van der Waals surface area contributed by atoms with Gasteiger partial charge in [0.1, 0.15) is 5.75 Å².